The summed E-state index contributed by atoms with van der Waals surface area (Å²) in [6.07, 6.45) is 4.78. The highest BCUT2D eigenvalue weighted by molar-refractivity contribution is 9.10. The van der Waals surface area contributed by atoms with Gasteiger partial charge in [-0.3, -0.25) is 4.98 Å². The van der Waals surface area contributed by atoms with E-state index in [9.17, 15) is 0 Å². The molecular weight excluding hydrogens is 324 g/mol. The standard InChI is InChI=1S/C18H17BrN2/c1-2-13-10-16(19)6-7-18(13)21-12-15-5-3-4-14-11-20-9-8-17(14)15/h3-11,21H,2,12H2,1H3. The minimum atomic E-state index is 0.815. The molecule has 0 saturated carbocycles. The summed E-state index contributed by atoms with van der Waals surface area (Å²) in [6.45, 7) is 2.99. The second kappa shape index (κ2) is 6.27. The molecule has 0 spiro atoms. The lowest BCUT2D eigenvalue weighted by Gasteiger charge is -2.13. The largest absolute Gasteiger partial charge is 0.381 e. The van der Waals surface area contributed by atoms with Gasteiger partial charge in [0.15, 0.2) is 0 Å². The number of hydrogen-bond acceptors (Lipinski definition) is 2. The molecule has 1 N–H and O–H groups in total. The maximum atomic E-state index is 4.18. The minimum Gasteiger partial charge on any atom is -0.381 e. The molecule has 3 rings (SSSR count). The van der Waals surface area contributed by atoms with Crippen molar-refractivity contribution in [2.45, 2.75) is 19.9 Å². The van der Waals surface area contributed by atoms with E-state index < -0.39 is 0 Å². The van der Waals surface area contributed by atoms with Crippen molar-refractivity contribution >= 4 is 32.4 Å². The monoisotopic (exact) mass is 340 g/mol. The van der Waals surface area contributed by atoms with E-state index in [1.54, 1.807) is 0 Å². The van der Waals surface area contributed by atoms with E-state index in [0.717, 1.165) is 17.4 Å². The van der Waals surface area contributed by atoms with Gasteiger partial charge in [0.25, 0.3) is 0 Å². The van der Waals surface area contributed by atoms with Gasteiger partial charge in [0.05, 0.1) is 0 Å². The molecule has 3 aromatic rings. The molecule has 0 saturated heterocycles. The van der Waals surface area contributed by atoms with Crippen molar-refractivity contribution in [3.8, 4) is 0 Å². The SMILES string of the molecule is CCc1cc(Br)ccc1NCc1cccc2cnccc12. The van der Waals surface area contributed by atoms with Crippen LogP contribution in [0.25, 0.3) is 10.8 Å². The zero-order valence-corrected chi connectivity index (χ0v) is 13.5. The number of aromatic nitrogens is 1. The first-order valence-corrected chi connectivity index (χ1v) is 7.91. The maximum absolute atomic E-state index is 4.18. The van der Waals surface area contributed by atoms with Crippen LogP contribution in [0.15, 0.2) is 59.3 Å². The van der Waals surface area contributed by atoms with E-state index in [1.807, 2.05) is 12.4 Å². The molecular formula is C18H17BrN2. The fourth-order valence-corrected chi connectivity index (χ4v) is 2.97. The van der Waals surface area contributed by atoms with Gasteiger partial charge in [-0.15, -0.1) is 0 Å². The van der Waals surface area contributed by atoms with E-state index in [-0.39, 0.29) is 0 Å². The van der Waals surface area contributed by atoms with Crippen LogP contribution in [0, 0.1) is 0 Å². The third-order valence-corrected chi connectivity index (χ3v) is 4.18. The average Bonchev–Trinajstić information content (AvgIpc) is 2.53. The number of hydrogen-bond donors (Lipinski definition) is 1. The number of aryl methyl sites for hydroxylation is 1. The van der Waals surface area contributed by atoms with Crippen LogP contribution in [0.1, 0.15) is 18.1 Å². The normalized spacial score (nSPS) is 10.8. The lowest BCUT2D eigenvalue weighted by Crippen LogP contribution is -2.02. The van der Waals surface area contributed by atoms with Crippen molar-refractivity contribution in [2.24, 2.45) is 0 Å². The van der Waals surface area contributed by atoms with Crippen molar-refractivity contribution in [1.29, 1.82) is 0 Å². The summed E-state index contributed by atoms with van der Waals surface area (Å²) >= 11 is 3.53. The van der Waals surface area contributed by atoms with E-state index in [4.69, 9.17) is 0 Å². The molecule has 2 nitrogen and oxygen atoms in total. The highest BCUT2D eigenvalue weighted by atomic mass is 79.9. The molecule has 21 heavy (non-hydrogen) atoms. The van der Waals surface area contributed by atoms with Gasteiger partial charge in [0.2, 0.25) is 0 Å². The van der Waals surface area contributed by atoms with Gasteiger partial charge in [0, 0.05) is 34.5 Å². The number of rotatable bonds is 4. The maximum Gasteiger partial charge on any atom is 0.0407 e. The van der Waals surface area contributed by atoms with Crippen LogP contribution in [0.5, 0.6) is 0 Å². The Bertz CT molecular complexity index is 763. The Labute approximate surface area is 133 Å². The molecule has 0 unspecified atom stereocenters. The highest BCUT2D eigenvalue weighted by Crippen LogP contribution is 2.23. The van der Waals surface area contributed by atoms with Gasteiger partial charge < -0.3 is 5.32 Å². The van der Waals surface area contributed by atoms with Crippen molar-refractivity contribution in [3.63, 3.8) is 0 Å². The van der Waals surface area contributed by atoms with Crippen LogP contribution in [0.2, 0.25) is 0 Å². The van der Waals surface area contributed by atoms with Crippen molar-refractivity contribution < 1.29 is 0 Å². The number of fused-ring (bicyclic) bond motifs is 1. The summed E-state index contributed by atoms with van der Waals surface area (Å²) in [5.74, 6) is 0. The van der Waals surface area contributed by atoms with E-state index in [1.165, 1.54) is 27.6 Å². The van der Waals surface area contributed by atoms with Gasteiger partial charge in [-0.1, -0.05) is 41.1 Å². The molecule has 2 aromatic carbocycles. The Hall–Kier alpha value is -1.87. The third-order valence-electron chi connectivity index (χ3n) is 3.69. The van der Waals surface area contributed by atoms with Crippen LogP contribution in [0.3, 0.4) is 0 Å². The number of anilines is 1. The molecule has 0 atom stereocenters. The summed E-state index contributed by atoms with van der Waals surface area (Å²) < 4.78 is 1.13. The number of benzene rings is 2. The van der Waals surface area contributed by atoms with Crippen molar-refractivity contribution in [1.82, 2.24) is 4.98 Å². The first-order chi connectivity index (χ1) is 10.3. The molecule has 0 amide bonds. The first-order valence-electron chi connectivity index (χ1n) is 7.12. The predicted octanol–water partition coefficient (Wildman–Crippen LogP) is 5.17. The summed E-state index contributed by atoms with van der Waals surface area (Å²) in [4.78, 5) is 4.18. The Morgan fingerprint density at radius 3 is 2.86 bits per heavy atom. The van der Waals surface area contributed by atoms with Gasteiger partial charge in [-0.05, 0) is 47.2 Å². The number of pyridine rings is 1. The topological polar surface area (TPSA) is 24.9 Å². The molecule has 0 bridgehead atoms. The fourth-order valence-electron chi connectivity index (χ4n) is 2.56. The van der Waals surface area contributed by atoms with E-state index in [2.05, 4.69) is 75.6 Å². The van der Waals surface area contributed by atoms with Crippen molar-refractivity contribution in [3.05, 3.63) is 70.5 Å². The third kappa shape index (κ3) is 3.08. The molecule has 0 radical (unpaired) electrons. The Morgan fingerprint density at radius 2 is 2.00 bits per heavy atom. The number of halogens is 1. The van der Waals surface area contributed by atoms with Gasteiger partial charge >= 0.3 is 0 Å². The zero-order valence-electron chi connectivity index (χ0n) is 11.9. The van der Waals surface area contributed by atoms with Gasteiger partial charge in [-0.2, -0.15) is 0 Å². The summed E-state index contributed by atoms with van der Waals surface area (Å²) in [5, 5.41) is 6.00. The Kier molecular flexibility index (Phi) is 4.20. The predicted molar refractivity (Wildman–Crippen MR) is 92.6 cm³/mol. The van der Waals surface area contributed by atoms with Crippen LogP contribution in [-0.2, 0) is 13.0 Å². The molecule has 0 aliphatic heterocycles. The van der Waals surface area contributed by atoms with Crippen LogP contribution < -0.4 is 5.32 Å². The summed E-state index contributed by atoms with van der Waals surface area (Å²) in [5.41, 5.74) is 3.82. The van der Waals surface area contributed by atoms with E-state index in [0.29, 0.717) is 0 Å². The highest BCUT2D eigenvalue weighted by Gasteiger charge is 2.04. The molecule has 3 heteroatoms. The smallest absolute Gasteiger partial charge is 0.0407 e. The molecule has 0 aliphatic rings. The van der Waals surface area contributed by atoms with Crippen LogP contribution in [0.4, 0.5) is 5.69 Å². The second-order valence-electron chi connectivity index (χ2n) is 5.02. The van der Waals surface area contributed by atoms with Crippen LogP contribution >= 0.6 is 15.9 Å². The first kappa shape index (κ1) is 14.1. The Morgan fingerprint density at radius 1 is 1.10 bits per heavy atom. The zero-order chi connectivity index (χ0) is 14.7. The fraction of sp³-hybridized carbons (Fsp3) is 0.167. The molecule has 1 aromatic heterocycles. The number of nitrogens with zero attached hydrogens (tertiary/aromatic N) is 1. The lowest BCUT2D eigenvalue weighted by atomic mass is 10.1. The number of nitrogens with one attached hydrogen (secondary N) is 1. The van der Waals surface area contributed by atoms with Gasteiger partial charge in [-0.25, -0.2) is 0 Å². The quantitative estimate of drug-likeness (QED) is 0.708. The summed E-state index contributed by atoms with van der Waals surface area (Å²) in [7, 11) is 0. The summed E-state index contributed by atoms with van der Waals surface area (Å²) in [6, 6.07) is 14.8. The molecule has 1 heterocycles. The van der Waals surface area contributed by atoms with Crippen molar-refractivity contribution in [2.75, 3.05) is 5.32 Å². The van der Waals surface area contributed by atoms with E-state index >= 15 is 0 Å². The molecule has 0 aliphatic carbocycles. The Balaban J connectivity index is 1.87. The lowest BCUT2D eigenvalue weighted by molar-refractivity contribution is 1.10. The van der Waals surface area contributed by atoms with Gasteiger partial charge in [0.1, 0.15) is 0 Å². The van der Waals surface area contributed by atoms with Crippen LogP contribution in [-0.4, -0.2) is 4.98 Å². The average molecular weight is 341 g/mol. The molecule has 106 valence electrons. The second-order valence-corrected chi connectivity index (χ2v) is 5.94. The minimum absolute atomic E-state index is 0.815. The molecule has 0 fully saturated rings.